The van der Waals surface area contributed by atoms with Crippen molar-refractivity contribution >= 4 is 33.3 Å². The van der Waals surface area contributed by atoms with Crippen molar-refractivity contribution in [2.75, 3.05) is 17.7 Å². The molecule has 0 heterocycles. The zero-order valence-corrected chi connectivity index (χ0v) is 13.1. The van der Waals surface area contributed by atoms with E-state index in [1.165, 1.54) is 0 Å². The van der Waals surface area contributed by atoms with Gasteiger partial charge in [0.05, 0.1) is 4.47 Å². The van der Waals surface area contributed by atoms with Gasteiger partial charge >= 0.3 is 6.03 Å². The molecule has 6 heteroatoms. The summed E-state index contributed by atoms with van der Waals surface area (Å²) in [6.45, 7) is 0.507. The minimum atomic E-state index is -0.255. The number of benzene rings is 2. The molecule has 0 fully saturated rings. The van der Waals surface area contributed by atoms with E-state index in [1.807, 2.05) is 24.3 Å². The van der Waals surface area contributed by atoms with Crippen molar-refractivity contribution in [3.8, 4) is 5.75 Å². The summed E-state index contributed by atoms with van der Waals surface area (Å²) in [6, 6.07) is 12.6. The third kappa shape index (κ3) is 4.13. The summed E-state index contributed by atoms with van der Waals surface area (Å²) in [5, 5.41) is 18.3. The predicted molar refractivity (Wildman–Crippen MR) is 87.7 cm³/mol. The Morgan fingerprint density at radius 2 is 1.81 bits per heavy atom. The van der Waals surface area contributed by atoms with E-state index >= 15 is 0 Å². The van der Waals surface area contributed by atoms with Gasteiger partial charge in [0.25, 0.3) is 0 Å². The molecule has 0 bridgehead atoms. The number of nitrogens with one attached hydrogen (secondary N) is 3. The molecule has 21 heavy (non-hydrogen) atoms. The number of halogens is 1. The highest BCUT2D eigenvalue weighted by Gasteiger charge is 2.04. The summed E-state index contributed by atoms with van der Waals surface area (Å²) in [7, 11) is 1.57. The average molecular weight is 350 g/mol. The Balaban J connectivity index is 1.97. The molecular weight excluding hydrogens is 334 g/mol. The van der Waals surface area contributed by atoms with Crippen LogP contribution in [-0.4, -0.2) is 18.2 Å². The second-order valence-electron chi connectivity index (χ2n) is 4.38. The Bertz CT molecular complexity index is 629. The number of phenolic OH excluding ortho intramolecular Hbond substituents is 1. The van der Waals surface area contributed by atoms with Gasteiger partial charge in [0.1, 0.15) is 5.75 Å². The Morgan fingerprint density at radius 3 is 2.48 bits per heavy atom. The van der Waals surface area contributed by atoms with Crippen LogP contribution in [0.2, 0.25) is 0 Å². The summed E-state index contributed by atoms with van der Waals surface area (Å²) in [5.74, 6) is 0.239. The third-order valence-electron chi connectivity index (χ3n) is 2.92. The normalized spacial score (nSPS) is 10.0. The van der Waals surface area contributed by atoms with Gasteiger partial charge in [0.15, 0.2) is 0 Å². The van der Waals surface area contributed by atoms with Crippen LogP contribution in [0.5, 0.6) is 5.75 Å². The molecule has 5 nitrogen and oxygen atoms in total. The summed E-state index contributed by atoms with van der Waals surface area (Å²) >= 11 is 3.29. The van der Waals surface area contributed by atoms with Gasteiger partial charge in [-0.3, -0.25) is 0 Å². The van der Waals surface area contributed by atoms with E-state index in [-0.39, 0.29) is 11.8 Å². The Hall–Kier alpha value is -2.21. The maximum Gasteiger partial charge on any atom is 0.318 e. The number of amides is 2. The molecule has 0 aromatic heterocycles. The molecule has 0 aliphatic carbocycles. The molecule has 4 N–H and O–H groups in total. The Labute approximate surface area is 131 Å². The number of para-hydroxylation sites is 1. The fraction of sp³-hybridized carbons (Fsp3) is 0.133. The van der Waals surface area contributed by atoms with Crippen molar-refractivity contribution in [3.05, 3.63) is 52.5 Å². The molecule has 0 saturated heterocycles. The maximum absolute atomic E-state index is 11.2. The van der Waals surface area contributed by atoms with Gasteiger partial charge < -0.3 is 21.1 Å². The van der Waals surface area contributed by atoms with E-state index in [0.29, 0.717) is 16.7 Å². The van der Waals surface area contributed by atoms with Crippen LogP contribution in [0, 0.1) is 0 Å². The topological polar surface area (TPSA) is 73.4 Å². The lowest BCUT2D eigenvalue weighted by Gasteiger charge is -2.10. The van der Waals surface area contributed by atoms with Crippen LogP contribution < -0.4 is 16.0 Å². The Kier molecular flexibility index (Phi) is 5.05. The minimum absolute atomic E-state index is 0.239. The average Bonchev–Trinajstić information content (AvgIpc) is 2.50. The monoisotopic (exact) mass is 349 g/mol. The molecule has 0 spiro atoms. The van der Waals surface area contributed by atoms with Crippen molar-refractivity contribution in [1.29, 1.82) is 0 Å². The van der Waals surface area contributed by atoms with Crippen LogP contribution in [0.1, 0.15) is 5.56 Å². The van der Waals surface area contributed by atoms with Crippen molar-refractivity contribution in [2.24, 2.45) is 0 Å². The first-order valence-electron chi connectivity index (χ1n) is 6.39. The van der Waals surface area contributed by atoms with Gasteiger partial charge in [0.2, 0.25) is 0 Å². The van der Waals surface area contributed by atoms with E-state index in [0.717, 1.165) is 11.3 Å². The van der Waals surface area contributed by atoms with Crippen molar-refractivity contribution in [3.63, 3.8) is 0 Å². The number of hydrogen-bond acceptors (Lipinski definition) is 3. The SMILES string of the molecule is CNC(=O)Nc1ccc(NCc2cccc(Br)c2O)cc1. The van der Waals surface area contributed by atoms with E-state index in [4.69, 9.17) is 0 Å². The second-order valence-corrected chi connectivity index (χ2v) is 5.24. The van der Waals surface area contributed by atoms with Gasteiger partial charge in [-0.15, -0.1) is 0 Å². The first-order valence-corrected chi connectivity index (χ1v) is 7.18. The first-order chi connectivity index (χ1) is 10.1. The molecule has 0 atom stereocenters. The van der Waals surface area contributed by atoms with E-state index in [1.54, 1.807) is 25.2 Å². The highest BCUT2D eigenvalue weighted by Crippen LogP contribution is 2.28. The van der Waals surface area contributed by atoms with Crippen molar-refractivity contribution in [1.82, 2.24) is 5.32 Å². The third-order valence-corrected chi connectivity index (χ3v) is 3.56. The number of carbonyl (C=O) groups excluding carboxylic acids is 1. The lowest BCUT2D eigenvalue weighted by molar-refractivity contribution is 0.254. The summed E-state index contributed by atoms with van der Waals surface area (Å²) in [4.78, 5) is 11.2. The quantitative estimate of drug-likeness (QED) is 0.682. The Morgan fingerprint density at radius 1 is 1.14 bits per heavy atom. The maximum atomic E-state index is 11.2. The molecule has 0 radical (unpaired) electrons. The number of anilines is 2. The van der Waals surface area contributed by atoms with Gasteiger partial charge in [-0.1, -0.05) is 12.1 Å². The lowest BCUT2D eigenvalue weighted by atomic mass is 10.2. The van der Waals surface area contributed by atoms with Crippen LogP contribution >= 0.6 is 15.9 Å². The van der Waals surface area contributed by atoms with Crippen molar-refractivity contribution in [2.45, 2.75) is 6.54 Å². The highest BCUT2D eigenvalue weighted by molar-refractivity contribution is 9.10. The number of hydrogen-bond donors (Lipinski definition) is 4. The number of phenols is 1. The molecule has 0 aliphatic heterocycles. The smallest absolute Gasteiger partial charge is 0.318 e. The molecule has 110 valence electrons. The van der Waals surface area contributed by atoms with Crippen LogP contribution in [-0.2, 0) is 6.54 Å². The summed E-state index contributed by atoms with van der Waals surface area (Å²) < 4.78 is 0.673. The van der Waals surface area contributed by atoms with E-state index in [2.05, 4.69) is 31.9 Å². The molecule has 2 amide bonds. The molecule has 0 aliphatic rings. The minimum Gasteiger partial charge on any atom is -0.506 e. The molecular formula is C15H16BrN3O2. The number of urea groups is 1. The molecule has 0 saturated carbocycles. The molecule has 2 aromatic rings. The standard InChI is InChI=1S/C15H16BrN3O2/c1-17-15(21)19-12-7-5-11(6-8-12)18-9-10-3-2-4-13(16)14(10)20/h2-8,18,20H,9H2,1H3,(H2,17,19,21). The van der Waals surface area contributed by atoms with Crippen LogP contribution in [0.3, 0.4) is 0 Å². The second kappa shape index (κ2) is 6.99. The molecule has 2 aromatic carbocycles. The zero-order valence-electron chi connectivity index (χ0n) is 11.5. The number of aromatic hydroxyl groups is 1. The fourth-order valence-electron chi connectivity index (χ4n) is 1.76. The highest BCUT2D eigenvalue weighted by atomic mass is 79.9. The van der Waals surface area contributed by atoms with Gasteiger partial charge in [-0.05, 0) is 46.3 Å². The van der Waals surface area contributed by atoms with Crippen molar-refractivity contribution < 1.29 is 9.90 Å². The lowest BCUT2D eigenvalue weighted by Crippen LogP contribution is -2.24. The fourth-order valence-corrected chi connectivity index (χ4v) is 2.17. The number of rotatable bonds is 4. The van der Waals surface area contributed by atoms with Gasteiger partial charge in [-0.2, -0.15) is 0 Å². The summed E-state index contributed by atoms with van der Waals surface area (Å²) in [5.41, 5.74) is 2.42. The van der Waals surface area contributed by atoms with Crippen LogP contribution in [0.4, 0.5) is 16.2 Å². The van der Waals surface area contributed by atoms with E-state index < -0.39 is 0 Å². The van der Waals surface area contributed by atoms with E-state index in [9.17, 15) is 9.90 Å². The summed E-state index contributed by atoms with van der Waals surface area (Å²) in [6.07, 6.45) is 0. The predicted octanol–water partition coefficient (Wildman–Crippen LogP) is 3.52. The van der Waals surface area contributed by atoms with Gasteiger partial charge in [-0.25, -0.2) is 4.79 Å². The van der Waals surface area contributed by atoms with Gasteiger partial charge in [0, 0.05) is 30.5 Å². The van der Waals surface area contributed by atoms with Crippen LogP contribution in [0.15, 0.2) is 46.9 Å². The first kappa shape index (κ1) is 15.2. The molecule has 2 rings (SSSR count). The molecule has 0 unspecified atom stereocenters. The van der Waals surface area contributed by atoms with Crippen LogP contribution in [0.25, 0.3) is 0 Å². The largest absolute Gasteiger partial charge is 0.506 e. The number of carbonyl (C=O) groups is 1. The zero-order chi connectivity index (χ0) is 15.2.